The van der Waals surface area contributed by atoms with Gasteiger partial charge in [0.1, 0.15) is 54.3 Å². The predicted molar refractivity (Wildman–Crippen MR) is 526 cm³/mol. The molecule has 9 aromatic rings. The number of halogens is 9. The molecule has 146 heavy (non-hydrogen) atoms. The number of rotatable bonds is 27. The molecule has 0 bridgehead atoms. The molecule has 43 heteroatoms. The molecule has 3 aliphatic carbocycles. The fourth-order valence-corrected chi connectivity index (χ4v) is 19.9. The third-order valence-corrected chi connectivity index (χ3v) is 29.1. The number of ketones is 1. The Bertz CT molecular complexity index is 6250. The van der Waals surface area contributed by atoms with E-state index in [1.165, 1.54) is 49.5 Å². The van der Waals surface area contributed by atoms with E-state index in [4.69, 9.17) is 52.7 Å². The van der Waals surface area contributed by atoms with Gasteiger partial charge in [0.2, 0.25) is 0 Å². The van der Waals surface area contributed by atoms with Crippen LogP contribution in [0.15, 0.2) is 218 Å². The monoisotopic (exact) mass is 2100 g/mol. The molecule has 0 radical (unpaired) electrons. The summed E-state index contributed by atoms with van der Waals surface area (Å²) in [6.45, 7) is 14.1. The van der Waals surface area contributed by atoms with E-state index in [1.807, 2.05) is 165 Å². The fraction of sp³-hybridized carbons (Fsp3) is 0.379. The largest absolute Gasteiger partial charge is 0.550 e. The first-order chi connectivity index (χ1) is 69.4. The summed E-state index contributed by atoms with van der Waals surface area (Å²) in [5, 5.41) is 17.8. The van der Waals surface area contributed by atoms with Crippen molar-refractivity contribution in [1.29, 1.82) is 0 Å². The summed E-state index contributed by atoms with van der Waals surface area (Å²) in [6, 6.07) is 59.2. The summed E-state index contributed by atoms with van der Waals surface area (Å²) in [4.78, 5) is 87.2. The first kappa shape index (κ1) is 113. The van der Waals surface area contributed by atoms with E-state index < -0.39 is 83.5 Å². The zero-order chi connectivity index (χ0) is 106. The van der Waals surface area contributed by atoms with Gasteiger partial charge in [0, 0.05) is 107 Å². The van der Waals surface area contributed by atoms with Gasteiger partial charge < -0.3 is 81.4 Å². The lowest BCUT2D eigenvalue weighted by Gasteiger charge is -2.43. The second-order valence-corrected chi connectivity index (χ2v) is 39.0. The summed E-state index contributed by atoms with van der Waals surface area (Å²) in [7, 11) is -4.12. The average molecular weight is 2100 g/mol. The van der Waals surface area contributed by atoms with Crippen molar-refractivity contribution in [3.05, 3.63) is 285 Å². The van der Waals surface area contributed by atoms with Crippen LogP contribution in [-0.4, -0.2) is 220 Å². The van der Waals surface area contributed by atoms with E-state index in [-0.39, 0.29) is 84.8 Å². The molecule has 3 aliphatic heterocycles. The number of benzene rings is 9. The number of piperidine rings is 3. The fourth-order valence-electron chi connectivity index (χ4n) is 17.8. The van der Waals surface area contributed by atoms with Gasteiger partial charge in [0.25, 0.3) is 11.8 Å². The zero-order valence-corrected chi connectivity index (χ0v) is 84.3. The van der Waals surface area contributed by atoms with Crippen LogP contribution in [-0.2, 0) is 86.8 Å². The van der Waals surface area contributed by atoms with Crippen molar-refractivity contribution in [1.82, 2.24) is 24.5 Å². The summed E-state index contributed by atoms with van der Waals surface area (Å²) < 4.78 is 215. The summed E-state index contributed by atoms with van der Waals surface area (Å²) >= 11 is -0.782. The highest BCUT2D eigenvalue weighted by Gasteiger charge is 2.54. The lowest BCUT2D eigenvalue weighted by molar-refractivity contribution is -0.440. The molecular formula is C103H114BF9N6O24S3. The Kier molecular flexibility index (Phi) is 39.0. The molecule has 3 spiro atoms. The van der Waals surface area contributed by atoms with E-state index in [1.54, 1.807) is 74.6 Å². The van der Waals surface area contributed by atoms with E-state index in [2.05, 4.69) is 25.5 Å². The number of carbonyl (C=O) groups excluding carboxylic acids is 6. The maximum absolute atomic E-state index is 13.2. The van der Waals surface area contributed by atoms with Crippen LogP contribution in [0.25, 0.3) is 11.3 Å². The predicted octanol–water partition coefficient (Wildman–Crippen LogP) is 19.0. The molecule has 15 rings (SSSR count). The number of hydrogen-bond donors (Lipinski definition) is 2. The van der Waals surface area contributed by atoms with Gasteiger partial charge in [-0.3, -0.25) is 14.4 Å². The van der Waals surface area contributed by atoms with Gasteiger partial charge >= 0.3 is 62.9 Å². The summed E-state index contributed by atoms with van der Waals surface area (Å²) in [5.41, 5.74) is -1.92. The lowest BCUT2D eigenvalue weighted by atomic mass is 9.65. The number of alkyl halides is 9. The Morgan fingerprint density at radius 3 is 1.16 bits per heavy atom. The first-order valence-corrected chi connectivity index (χ1v) is 50.0. The van der Waals surface area contributed by atoms with Crippen molar-refractivity contribution in [3.63, 3.8) is 0 Å². The maximum atomic E-state index is 13.2. The van der Waals surface area contributed by atoms with Gasteiger partial charge in [-0.05, 0) is 212 Å². The van der Waals surface area contributed by atoms with Crippen LogP contribution in [0.2, 0.25) is 0 Å². The van der Waals surface area contributed by atoms with Gasteiger partial charge in [-0.15, -0.1) is 22.4 Å². The Morgan fingerprint density at radius 1 is 0.432 bits per heavy atom. The normalized spacial score (nSPS) is 15.3. The molecule has 0 saturated carbocycles. The maximum Gasteiger partial charge on any atom is 0.550 e. The third kappa shape index (κ3) is 29.0. The topological polar surface area (TPSA) is 341 Å². The SMILES string of the molecule is CCN(CC)C(=O)c1ccc(B(O)O)cc1.CCN(CC)C(=O)c1ccc(C2=CC3(CCN(C(=O)OCc4ccccc4)CC3)Cc3cc(OC)cc(OC)c32)cc1.COc1cc2c(c(OC)c1)C(=O)CC1(CCN(C(=O)OCc3ccccc3)CC1)C2.COc1cc2c(c(OC)c1)C(OS(=O)(=O)C(F)(F)F)=CC1(CCN(C(=O)OCc3ccccc3)CC1)C2.O=S(=O)(N(SOOC(F)(F)F)c1ccccc1)C(F)(F)F. The smallest absolute Gasteiger partial charge is 0.497 e. The molecule has 0 atom stereocenters. The number of hydrogen-bond acceptors (Lipinski definition) is 25. The molecule has 3 fully saturated rings. The third-order valence-electron chi connectivity index (χ3n) is 25.6. The number of amides is 5. The van der Waals surface area contributed by atoms with Crippen LogP contribution in [0.4, 0.5) is 59.6 Å². The number of anilines is 1. The van der Waals surface area contributed by atoms with Crippen LogP contribution < -0.4 is 37.6 Å². The molecule has 3 saturated heterocycles. The van der Waals surface area contributed by atoms with Crippen molar-refractivity contribution < 1.29 is 151 Å². The number of ether oxygens (including phenoxy) is 9. The number of allylic oxidation sites excluding steroid dienone is 2. The minimum atomic E-state index is -5.99. The molecule has 2 N–H and O–H groups in total. The highest BCUT2D eigenvalue weighted by atomic mass is 32.3. The average Bonchev–Trinajstić information content (AvgIpc) is 0.743. The molecular weight excluding hydrogens is 1980 g/mol. The summed E-state index contributed by atoms with van der Waals surface area (Å²) in [6.07, 6.45) is 3.76. The number of Topliss-reactive ketones (excluding diaryl/α,β-unsaturated/α-hetero) is 1. The molecule has 0 unspecified atom stereocenters. The second kappa shape index (κ2) is 50.3. The Morgan fingerprint density at radius 2 is 0.795 bits per heavy atom. The summed E-state index contributed by atoms with van der Waals surface area (Å²) in [5.74, 6) is 2.94. The van der Waals surface area contributed by atoms with Gasteiger partial charge in [-0.1, -0.05) is 140 Å². The minimum Gasteiger partial charge on any atom is -0.497 e. The highest BCUT2D eigenvalue weighted by Crippen LogP contribution is 2.53. The number of methoxy groups -OCH3 is 6. The van der Waals surface area contributed by atoms with Crippen LogP contribution >= 0.6 is 12.2 Å². The Hall–Kier alpha value is -13.2. The van der Waals surface area contributed by atoms with Crippen molar-refractivity contribution in [3.8, 4) is 34.5 Å². The van der Waals surface area contributed by atoms with E-state index in [0.29, 0.717) is 123 Å². The highest BCUT2D eigenvalue weighted by molar-refractivity contribution is 8.12. The van der Waals surface area contributed by atoms with E-state index in [9.17, 15) is 85.1 Å². The van der Waals surface area contributed by atoms with E-state index >= 15 is 0 Å². The Balaban J connectivity index is 0.000000180. The van der Waals surface area contributed by atoms with Gasteiger partial charge in [0.15, 0.2) is 23.8 Å². The van der Waals surface area contributed by atoms with Crippen LogP contribution in [0, 0.1) is 16.2 Å². The number of sulfonamides is 1. The molecule has 30 nitrogen and oxygen atoms in total. The number of fused-ring (bicyclic) bond motifs is 3. The number of nitrogens with zero attached hydrogens (tertiary/aromatic N) is 6. The molecule has 6 aliphatic rings. The molecule has 784 valence electrons. The Labute approximate surface area is 845 Å². The van der Waals surface area contributed by atoms with Crippen molar-refractivity contribution >= 4 is 97.8 Å². The number of para-hydroxylation sites is 1. The zero-order valence-electron chi connectivity index (χ0n) is 81.8. The lowest BCUT2D eigenvalue weighted by Crippen LogP contribution is -2.46. The standard InChI is InChI=1S/C35H40N2O5.C25H26F3NO7S.C24H27NO5.C11H16BNO3.C8H5F6NO4S2/c1-5-36(6-2)33(38)27-14-12-26(13-15-27)30-23-35(22-28-20-29(40-3)21-31(41-4)32(28)30)16-18-37(19-17-35)34(39)42-24-25-10-8-7-9-11-25;1-33-19-12-18-14-24(8-10-29(11-9-24)23(30)35-16-17-6-4-3-5-7-17)15-21(22(18)20(13-19)34-2)36-37(31,32)25(26,27)28;1-28-19-12-18-14-24(15-20(26)22(18)21(13-19)29-2)8-10-25(11-9-24)23(27)30-16-17-6-4-3-5-7-17;1-3-13(4-2)11(14)9-5-7-10(8-6-9)12(15)16;9-7(10,11)18-19-20-15(6-4-2-1-3-5-6)21(16,17)8(12,13)14/h7-15,20-21,23H,5-6,16-19,22,24H2,1-4H3;3-7,12-13,15H,8-11,14,16H2,1-2H3;3-7,12-13H,8-11,14-16H2,1-2H3;5-8,15-16H,3-4H2,1-2H3;1-5H. The van der Waals surface area contributed by atoms with E-state index in [0.717, 1.165) is 107 Å². The molecule has 9 aromatic carbocycles. The van der Waals surface area contributed by atoms with Crippen LogP contribution in [0.1, 0.15) is 154 Å². The first-order valence-electron chi connectivity index (χ1n) is 46.5. The van der Waals surface area contributed by atoms with Crippen LogP contribution in [0.3, 0.4) is 0 Å². The van der Waals surface area contributed by atoms with Crippen molar-refractivity contribution in [2.75, 3.05) is 112 Å². The quantitative estimate of drug-likeness (QED) is 0.00556. The molecule has 0 aromatic heterocycles. The number of likely N-dealkylation sites (tertiary alicyclic amines) is 3. The van der Waals surface area contributed by atoms with Crippen LogP contribution in [0.5, 0.6) is 34.5 Å². The van der Waals surface area contributed by atoms with Crippen molar-refractivity contribution in [2.24, 2.45) is 16.2 Å². The van der Waals surface area contributed by atoms with Crippen molar-refractivity contribution in [2.45, 2.75) is 129 Å². The van der Waals surface area contributed by atoms with Gasteiger partial charge in [-0.2, -0.15) is 46.9 Å². The van der Waals surface area contributed by atoms with Gasteiger partial charge in [-0.25, -0.2) is 14.4 Å². The van der Waals surface area contributed by atoms with Gasteiger partial charge in [0.05, 0.1) is 59.5 Å². The minimum absolute atomic E-state index is 0.0369. The second-order valence-electron chi connectivity index (χ2n) is 34.8. The number of carbonyl (C=O) groups is 6. The molecule has 3 heterocycles. The molecule has 5 amide bonds.